The first-order valence-electron chi connectivity index (χ1n) is 15.1. The standard InChI is InChI=1S/C34H36F2N6O4/c1-34(2,3)46-33(43)40-12-10-28(11-13-40)41-21-25(18-38-41)30-19-37-32(45-30)23-7-5-6-22(14-23)20-42-31(44-4)9-8-29(39-42)24-15-26(35)17-27(36)16-24/h5-9,14-19,21,28,31H,10-13,20H2,1-4H3. The van der Waals surface area contributed by atoms with Crippen molar-refractivity contribution in [3.05, 3.63) is 96.0 Å². The molecule has 0 saturated carbocycles. The first kappa shape index (κ1) is 31.2. The van der Waals surface area contributed by atoms with Crippen molar-refractivity contribution in [2.24, 2.45) is 5.10 Å². The number of ether oxygens (including phenoxy) is 2. The highest BCUT2D eigenvalue weighted by molar-refractivity contribution is 6.08. The van der Waals surface area contributed by atoms with Gasteiger partial charge >= 0.3 is 6.09 Å². The number of halogens is 2. The third kappa shape index (κ3) is 7.17. The Labute approximate surface area is 265 Å². The number of benzene rings is 2. The molecule has 6 rings (SSSR count). The highest BCUT2D eigenvalue weighted by atomic mass is 19.1. The van der Waals surface area contributed by atoms with Crippen LogP contribution in [0.1, 0.15) is 50.8 Å². The quantitative estimate of drug-likeness (QED) is 0.221. The van der Waals surface area contributed by atoms with Crippen molar-refractivity contribution in [2.75, 3.05) is 20.2 Å². The van der Waals surface area contributed by atoms with Crippen LogP contribution in [0.4, 0.5) is 13.6 Å². The molecule has 2 aliphatic heterocycles. The fraction of sp³-hybridized carbons (Fsp3) is 0.353. The lowest BCUT2D eigenvalue weighted by atomic mass is 10.1. The van der Waals surface area contributed by atoms with Crippen molar-refractivity contribution in [3.63, 3.8) is 0 Å². The molecular weight excluding hydrogens is 594 g/mol. The predicted octanol–water partition coefficient (Wildman–Crippen LogP) is 6.80. The summed E-state index contributed by atoms with van der Waals surface area (Å²) in [7, 11) is 1.57. The van der Waals surface area contributed by atoms with Gasteiger partial charge in [0.25, 0.3) is 0 Å². The Morgan fingerprint density at radius 1 is 1.02 bits per heavy atom. The number of hydrogen-bond acceptors (Lipinski definition) is 8. The number of amides is 1. The largest absolute Gasteiger partial charge is 0.444 e. The molecule has 1 saturated heterocycles. The molecule has 10 nitrogen and oxygen atoms in total. The van der Waals surface area contributed by atoms with Gasteiger partial charge in [0, 0.05) is 43.6 Å². The van der Waals surface area contributed by atoms with E-state index in [0.29, 0.717) is 42.6 Å². The van der Waals surface area contributed by atoms with Crippen LogP contribution in [0.2, 0.25) is 0 Å². The third-order valence-electron chi connectivity index (χ3n) is 7.75. The molecule has 0 N–H and O–H groups in total. The minimum atomic E-state index is -0.669. The summed E-state index contributed by atoms with van der Waals surface area (Å²) in [5.74, 6) is -0.290. The Hall–Kier alpha value is -4.84. The Balaban J connectivity index is 1.12. The zero-order valence-corrected chi connectivity index (χ0v) is 26.2. The van der Waals surface area contributed by atoms with E-state index in [4.69, 9.17) is 13.9 Å². The summed E-state index contributed by atoms with van der Waals surface area (Å²) in [6.07, 6.45) is 9.68. The average molecular weight is 631 g/mol. The van der Waals surface area contributed by atoms with E-state index in [0.717, 1.165) is 35.6 Å². The van der Waals surface area contributed by atoms with E-state index >= 15 is 0 Å². The van der Waals surface area contributed by atoms with Gasteiger partial charge in [-0.25, -0.2) is 18.6 Å². The highest BCUT2D eigenvalue weighted by Gasteiger charge is 2.28. The second-order valence-corrected chi connectivity index (χ2v) is 12.4. The molecule has 0 aliphatic carbocycles. The summed E-state index contributed by atoms with van der Waals surface area (Å²) in [5.41, 5.74) is 2.74. The van der Waals surface area contributed by atoms with Gasteiger partial charge in [-0.15, -0.1) is 0 Å². The smallest absolute Gasteiger partial charge is 0.410 e. The van der Waals surface area contributed by atoms with Gasteiger partial charge in [0.1, 0.15) is 17.2 Å². The van der Waals surface area contributed by atoms with Crippen LogP contribution in [-0.4, -0.2) is 68.5 Å². The Morgan fingerprint density at radius 2 is 1.78 bits per heavy atom. The number of rotatable bonds is 7. The van der Waals surface area contributed by atoms with Crippen LogP contribution < -0.4 is 0 Å². The molecule has 46 heavy (non-hydrogen) atoms. The molecular formula is C34H36F2N6O4. The molecule has 0 bridgehead atoms. The lowest BCUT2D eigenvalue weighted by molar-refractivity contribution is -0.00307. The van der Waals surface area contributed by atoms with Gasteiger partial charge in [0.15, 0.2) is 12.0 Å². The van der Waals surface area contributed by atoms with E-state index in [1.807, 2.05) is 55.9 Å². The maximum atomic E-state index is 13.9. The van der Waals surface area contributed by atoms with E-state index < -0.39 is 23.5 Å². The van der Waals surface area contributed by atoms with Gasteiger partial charge in [0.05, 0.1) is 36.3 Å². The number of nitrogens with zero attached hydrogens (tertiary/aromatic N) is 6. The summed E-state index contributed by atoms with van der Waals surface area (Å²) in [6.45, 7) is 7.17. The molecule has 0 radical (unpaired) electrons. The lowest BCUT2D eigenvalue weighted by Crippen LogP contribution is -2.42. The number of likely N-dealkylation sites (tertiary alicyclic amines) is 1. The lowest BCUT2D eigenvalue weighted by Gasteiger charge is -2.33. The molecule has 1 fully saturated rings. The van der Waals surface area contributed by atoms with Gasteiger partial charge in [-0.3, -0.25) is 9.69 Å². The van der Waals surface area contributed by atoms with Crippen LogP contribution in [-0.2, 0) is 16.0 Å². The van der Waals surface area contributed by atoms with E-state index in [1.165, 1.54) is 12.1 Å². The predicted molar refractivity (Wildman–Crippen MR) is 168 cm³/mol. The summed E-state index contributed by atoms with van der Waals surface area (Å²) in [6, 6.07) is 11.2. The van der Waals surface area contributed by atoms with Gasteiger partial charge in [0.2, 0.25) is 5.89 Å². The monoisotopic (exact) mass is 630 g/mol. The number of hydrazone groups is 1. The van der Waals surface area contributed by atoms with Crippen LogP contribution in [0.25, 0.3) is 22.8 Å². The number of methoxy groups -OCH3 is 1. The van der Waals surface area contributed by atoms with Crippen LogP contribution in [0.15, 0.2) is 82.7 Å². The first-order valence-corrected chi connectivity index (χ1v) is 15.1. The number of oxazole rings is 1. The summed E-state index contributed by atoms with van der Waals surface area (Å²) in [4.78, 5) is 18.7. The minimum Gasteiger partial charge on any atom is -0.444 e. The van der Waals surface area contributed by atoms with Crippen LogP contribution in [0.3, 0.4) is 0 Å². The maximum Gasteiger partial charge on any atom is 0.410 e. The van der Waals surface area contributed by atoms with E-state index in [1.54, 1.807) is 41.6 Å². The average Bonchev–Trinajstić information content (AvgIpc) is 3.71. The van der Waals surface area contributed by atoms with Crippen LogP contribution in [0.5, 0.6) is 0 Å². The molecule has 4 heterocycles. The number of hydrogen-bond donors (Lipinski definition) is 0. The molecule has 2 aromatic carbocycles. The van der Waals surface area contributed by atoms with E-state index in [9.17, 15) is 13.6 Å². The minimum absolute atomic E-state index is 0.162. The van der Waals surface area contributed by atoms with Crippen molar-refractivity contribution in [3.8, 4) is 22.8 Å². The molecule has 0 spiro atoms. The molecule has 2 aliphatic rings. The van der Waals surface area contributed by atoms with Gasteiger partial charge in [-0.05, 0) is 75.6 Å². The SMILES string of the molecule is COC1C=CC(c2cc(F)cc(F)c2)=NN1Cc1cccc(-c2ncc(-c3cnn(C4CCN(C(=O)OC(C)(C)C)CC4)c3)o2)c1. The van der Waals surface area contributed by atoms with Crippen molar-refractivity contribution < 1.29 is 27.5 Å². The number of carbonyl (C=O) groups excluding carboxylic acids is 1. The zero-order valence-electron chi connectivity index (χ0n) is 26.2. The van der Waals surface area contributed by atoms with Crippen molar-refractivity contribution in [2.45, 2.75) is 58.0 Å². The normalized spacial score (nSPS) is 17.3. The maximum absolute atomic E-state index is 13.9. The summed E-state index contributed by atoms with van der Waals surface area (Å²) >= 11 is 0. The number of allylic oxidation sites excluding steroid dienone is 1. The molecule has 12 heteroatoms. The zero-order chi connectivity index (χ0) is 32.4. The molecule has 240 valence electrons. The number of carbonyl (C=O) groups is 1. The number of aromatic nitrogens is 3. The molecule has 1 atom stereocenters. The highest BCUT2D eigenvalue weighted by Crippen LogP contribution is 2.30. The van der Waals surface area contributed by atoms with Gasteiger partial charge in [-0.2, -0.15) is 10.2 Å². The Morgan fingerprint density at radius 3 is 2.50 bits per heavy atom. The molecule has 1 unspecified atom stereocenters. The topological polar surface area (TPSA) is 98.2 Å². The second-order valence-electron chi connectivity index (χ2n) is 12.4. The Bertz CT molecular complexity index is 1750. The fourth-order valence-corrected chi connectivity index (χ4v) is 5.52. The molecule has 2 aromatic heterocycles. The summed E-state index contributed by atoms with van der Waals surface area (Å²) < 4.78 is 46.9. The second kappa shape index (κ2) is 12.9. The van der Waals surface area contributed by atoms with E-state index in [-0.39, 0.29) is 12.1 Å². The molecule has 4 aromatic rings. The van der Waals surface area contributed by atoms with E-state index in [2.05, 4.69) is 15.2 Å². The van der Waals surface area contributed by atoms with Crippen molar-refractivity contribution in [1.29, 1.82) is 0 Å². The fourth-order valence-electron chi connectivity index (χ4n) is 5.52. The number of piperidine rings is 1. The third-order valence-corrected chi connectivity index (χ3v) is 7.75. The van der Waals surface area contributed by atoms with Gasteiger partial charge in [-0.1, -0.05) is 12.1 Å². The van der Waals surface area contributed by atoms with Crippen molar-refractivity contribution in [1.82, 2.24) is 24.7 Å². The van der Waals surface area contributed by atoms with Crippen molar-refractivity contribution >= 4 is 11.8 Å². The van der Waals surface area contributed by atoms with Gasteiger partial charge < -0.3 is 18.8 Å². The Kier molecular flexibility index (Phi) is 8.72. The first-order chi connectivity index (χ1) is 22.0. The van der Waals surface area contributed by atoms with Crippen LogP contribution >= 0.6 is 0 Å². The summed E-state index contributed by atoms with van der Waals surface area (Å²) in [5, 5.41) is 10.9. The van der Waals surface area contributed by atoms with Crippen LogP contribution in [0, 0.1) is 11.6 Å². The molecule has 1 amide bonds.